The van der Waals surface area contributed by atoms with E-state index in [0.717, 1.165) is 13.1 Å². The fourth-order valence-electron chi connectivity index (χ4n) is 7.81. The Balaban J connectivity index is 1.33. The molecule has 38 heavy (non-hydrogen) atoms. The molecular weight excluding hydrogens is 464 g/mol. The molecule has 2 bridgehead atoms. The first-order valence-corrected chi connectivity index (χ1v) is 13.7. The van der Waals surface area contributed by atoms with Crippen LogP contribution < -0.4 is 9.13 Å². The van der Waals surface area contributed by atoms with Gasteiger partial charge in [-0.15, -0.1) is 0 Å². The van der Waals surface area contributed by atoms with Crippen molar-refractivity contribution in [3.05, 3.63) is 132 Å². The quantitative estimate of drug-likeness (QED) is 0.288. The topological polar surface area (TPSA) is 17.6 Å². The molecule has 0 fully saturated rings. The van der Waals surface area contributed by atoms with Crippen molar-refractivity contribution in [2.24, 2.45) is 25.9 Å². The van der Waals surface area contributed by atoms with Gasteiger partial charge in [0.15, 0.2) is 22.1 Å². The summed E-state index contributed by atoms with van der Waals surface area (Å²) in [5.74, 6) is 1.73. The fraction of sp³-hybridized carbons (Fsp3) is 0.235. The lowest BCUT2D eigenvalue weighted by atomic mass is 9.54. The molecule has 2 unspecified atom stereocenters. The van der Waals surface area contributed by atoms with Gasteiger partial charge in [-0.2, -0.15) is 0 Å². The molecule has 0 spiro atoms. The molecule has 0 saturated heterocycles. The van der Waals surface area contributed by atoms with Crippen LogP contribution in [0.5, 0.6) is 0 Å². The Morgan fingerprint density at radius 1 is 0.500 bits per heavy atom. The van der Waals surface area contributed by atoms with Gasteiger partial charge in [-0.1, -0.05) is 72.8 Å². The Morgan fingerprint density at radius 2 is 0.842 bits per heavy atom. The van der Waals surface area contributed by atoms with Crippen molar-refractivity contribution in [3.63, 3.8) is 0 Å². The van der Waals surface area contributed by atoms with Gasteiger partial charge in [-0.3, -0.25) is 0 Å². The molecule has 2 atom stereocenters. The zero-order valence-corrected chi connectivity index (χ0v) is 21.9. The van der Waals surface area contributed by atoms with Crippen molar-refractivity contribution in [2.75, 3.05) is 0 Å². The van der Waals surface area contributed by atoms with Crippen LogP contribution in [0.4, 0.5) is 0 Å². The molecule has 186 valence electrons. The van der Waals surface area contributed by atoms with E-state index in [1.54, 1.807) is 0 Å². The number of hydrogen-bond acceptors (Lipinski definition) is 0. The molecule has 2 aromatic heterocycles. The highest BCUT2D eigenvalue weighted by molar-refractivity contribution is 5.72. The Hall–Kier alpha value is -4.18. The van der Waals surface area contributed by atoms with Crippen molar-refractivity contribution < 1.29 is 9.13 Å². The number of para-hydroxylation sites is 4. The predicted octanol–water partition coefficient (Wildman–Crippen LogP) is 5.47. The van der Waals surface area contributed by atoms with Gasteiger partial charge in [0, 0.05) is 23.7 Å². The monoisotopic (exact) mass is 496 g/mol. The molecule has 4 aromatic carbocycles. The van der Waals surface area contributed by atoms with Crippen molar-refractivity contribution in [1.29, 1.82) is 0 Å². The number of rotatable bonds is 4. The minimum atomic E-state index is 0.388. The lowest BCUT2D eigenvalue weighted by molar-refractivity contribution is -0.646. The second-order valence-electron chi connectivity index (χ2n) is 11.3. The lowest BCUT2D eigenvalue weighted by Gasteiger charge is -2.49. The first kappa shape index (κ1) is 21.9. The van der Waals surface area contributed by atoms with Crippen LogP contribution in [0, 0.1) is 11.8 Å². The van der Waals surface area contributed by atoms with Crippen LogP contribution in [-0.2, 0) is 27.2 Å². The number of imidazole rings is 2. The van der Waals surface area contributed by atoms with E-state index in [0.29, 0.717) is 23.7 Å². The number of nitrogens with zero attached hydrogens (tertiary/aromatic N) is 4. The molecule has 0 N–H and O–H groups in total. The first-order chi connectivity index (χ1) is 18.7. The van der Waals surface area contributed by atoms with Crippen LogP contribution in [0.3, 0.4) is 0 Å². The molecular formula is C34H32N4+2. The highest BCUT2D eigenvalue weighted by Crippen LogP contribution is 2.59. The van der Waals surface area contributed by atoms with Gasteiger partial charge in [0.05, 0.1) is 27.2 Å². The molecule has 0 amide bonds. The second-order valence-corrected chi connectivity index (χ2v) is 11.3. The van der Waals surface area contributed by atoms with Crippen molar-refractivity contribution >= 4 is 22.1 Å². The number of aromatic nitrogens is 4. The van der Waals surface area contributed by atoms with E-state index in [4.69, 9.17) is 0 Å². The number of hydrogen-bond donors (Lipinski definition) is 0. The third kappa shape index (κ3) is 3.03. The average Bonchev–Trinajstić information content (AvgIpc) is 3.45. The van der Waals surface area contributed by atoms with Crippen LogP contribution in [0.15, 0.2) is 110 Å². The third-order valence-electron chi connectivity index (χ3n) is 9.32. The zero-order chi connectivity index (χ0) is 25.4. The zero-order valence-electron chi connectivity index (χ0n) is 21.9. The standard InChI is InChI=1S/C34H32N4/c1-35-21-37(31-17-9-7-15-29(31)35)19-27-28(20-38-22-36(2)30-16-8-10-18-32(30)38)34-25-13-5-3-11-23(25)33(27)24-12-4-6-14-26(24)34/h3-18,21-22,27-28,33-34H,19-20H2,1-2H3/q+2. The summed E-state index contributed by atoms with van der Waals surface area (Å²) >= 11 is 0. The molecule has 9 rings (SSSR count). The minimum absolute atomic E-state index is 0.388. The van der Waals surface area contributed by atoms with Crippen molar-refractivity contribution in [1.82, 2.24) is 9.13 Å². The Kier molecular flexibility index (Phi) is 4.69. The number of aryl methyl sites for hydroxylation is 2. The van der Waals surface area contributed by atoms with Crippen LogP contribution in [0.1, 0.15) is 34.1 Å². The summed E-state index contributed by atoms with van der Waals surface area (Å²) < 4.78 is 9.55. The van der Waals surface area contributed by atoms with E-state index in [1.807, 2.05) is 0 Å². The summed E-state index contributed by atoms with van der Waals surface area (Å²) in [5, 5.41) is 0. The molecule has 6 aromatic rings. The summed E-state index contributed by atoms with van der Waals surface area (Å²) in [6.45, 7) is 2.00. The van der Waals surface area contributed by atoms with E-state index in [2.05, 4.69) is 142 Å². The van der Waals surface area contributed by atoms with E-state index in [1.165, 1.54) is 44.3 Å². The summed E-state index contributed by atoms with van der Waals surface area (Å²) in [6, 6.07) is 36.1. The molecule has 2 heterocycles. The molecule has 3 aliphatic carbocycles. The summed E-state index contributed by atoms with van der Waals surface area (Å²) in [6.07, 6.45) is 4.60. The van der Waals surface area contributed by atoms with Gasteiger partial charge in [0.25, 0.3) is 0 Å². The maximum absolute atomic E-state index is 2.51. The maximum atomic E-state index is 2.51. The molecule has 4 nitrogen and oxygen atoms in total. The Morgan fingerprint density at radius 3 is 1.24 bits per heavy atom. The number of benzene rings is 4. The van der Waals surface area contributed by atoms with Crippen molar-refractivity contribution in [3.8, 4) is 0 Å². The van der Waals surface area contributed by atoms with E-state index >= 15 is 0 Å². The van der Waals surface area contributed by atoms with Crippen LogP contribution in [0.25, 0.3) is 22.1 Å². The number of fused-ring (bicyclic) bond motifs is 3. The van der Waals surface area contributed by atoms with Crippen LogP contribution in [-0.4, -0.2) is 9.13 Å². The molecule has 0 aliphatic heterocycles. The van der Waals surface area contributed by atoms with Gasteiger partial charge in [0.2, 0.25) is 12.7 Å². The maximum Gasteiger partial charge on any atom is 0.244 e. The van der Waals surface area contributed by atoms with Gasteiger partial charge >= 0.3 is 0 Å². The fourth-order valence-corrected chi connectivity index (χ4v) is 7.81. The third-order valence-corrected chi connectivity index (χ3v) is 9.32. The SMILES string of the molecule is C[n+]1cn(CC2C3c4ccccc4C(c4ccccc43)C2Cn2c[n+](C)c3ccccc32)c2ccccc21. The smallest absolute Gasteiger partial charge is 0.233 e. The predicted molar refractivity (Wildman–Crippen MR) is 150 cm³/mol. The normalized spacial score (nSPS) is 21.6. The van der Waals surface area contributed by atoms with E-state index in [-0.39, 0.29) is 0 Å². The molecule has 0 saturated carbocycles. The summed E-state index contributed by atoms with van der Waals surface area (Å²) in [5.41, 5.74) is 11.3. The van der Waals surface area contributed by atoms with E-state index in [9.17, 15) is 0 Å². The van der Waals surface area contributed by atoms with Crippen LogP contribution in [0.2, 0.25) is 0 Å². The Labute approximate surface area is 223 Å². The first-order valence-electron chi connectivity index (χ1n) is 13.7. The van der Waals surface area contributed by atoms with Gasteiger partial charge in [-0.25, -0.2) is 18.3 Å². The molecule has 4 heteroatoms. The Bertz CT molecular complexity index is 1660. The van der Waals surface area contributed by atoms with Crippen LogP contribution >= 0.6 is 0 Å². The molecule has 0 radical (unpaired) electrons. The van der Waals surface area contributed by atoms with Crippen molar-refractivity contribution in [2.45, 2.75) is 24.9 Å². The molecule has 3 aliphatic rings. The largest absolute Gasteiger partial charge is 0.244 e. The minimum Gasteiger partial charge on any atom is -0.233 e. The second kappa shape index (κ2) is 8.16. The van der Waals surface area contributed by atoms with Gasteiger partial charge < -0.3 is 0 Å². The average molecular weight is 497 g/mol. The lowest BCUT2D eigenvalue weighted by Crippen LogP contribution is -2.43. The highest BCUT2D eigenvalue weighted by atomic mass is 15.1. The highest BCUT2D eigenvalue weighted by Gasteiger charge is 2.51. The van der Waals surface area contributed by atoms with Gasteiger partial charge in [0.1, 0.15) is 0 Å². The van der Waals surface area contributed by atoms with E-state index < -0.39 is 0 Å². The summed E-state index contributed by atoms with van der Waals surface area (Å²) in [4.78, 5) is 0. The van der Waals surface area contributed by atoms with Gasteiger partial charge in [-0.05, 0) is 46.5 Å². The summed E-state index contributed by atoms with van der Waals surface area (Å²) in [7, 11) is 4.33.